The van der Waals surface area contributed by atoms with E-state index in [9.17, 15) is 18.0 Å². The van der Waals surface area contributed by atoms with Gasteiger partial charge in [0, 0.05) is 28.9 Å². The average molecular weight is 585 g/mol. The Morgan fingerprint density at radius 1 is 1.00 bits per heavy atom. The molecule has 42 heavy (non-hydrogen) atoms. The van der Waals surface area contributed by atoms with Crippen LogP contribution in [-0.4, -0.2) is 48.3 Å². The maximum absolute atomic E-state index is 14.2. The molecule has 1 atom stereocenters. The highest BCUT2D eigenvalue weighted by atomic mass is 19.3. The summed E-state index contributed by atoms with van der Waals surface area (Å²) < 4.78 is 59.4. The van der Waals surface area contributed by atoms with Crippen molar-refractivity contribution < 1.29 is 32.2 Å². The van der Waals surface area contributed by atoms with Crippen LogP contribution in [0.1, 0.15) is 63.2 Å². The Balaban J connectivity index is 1.72. The monoisotopic (exact) mass is 584 g/mol. The second-order valence-electron chi connectivity index (χ2n) is 12.0. The number of rotatable bonds is 10. The number of aryl methyl sites for hydroxylation is 2. The summed E-state index contributed by atoms with van der Waals surface area (Å²) in [6.45, 7) is 12.0. The molecule has 3 aromatic rings. The summed E-state index contributed by atoms with van der Waals surface area (Å²) in [5.74, 6) is -3.10. The van der Waals surface area contributed by atoms with Crippen LogP contribution in [0.15, 0.2) is 48.5 Å². The van der Waals surface area contributed by atoms with Crippen LogP contribution in [0.5, 0.6) is 5.75 Å². The van der Waals surface area contributed by atoms with Crippen molar-refractivity contribution in [2.45, 2.75) is 78.6 Å². The van der Waals surface area contributed by atoms with E-state index in [1.54, 1.807) is 37.8 Å². The first-order valence-corrected chi connectivity index (χ1v) is 14.1. The van der Waals surface area contributed by atoms with Crippen molar-refractivity contribution in [2.75, 3.05) is 24.6 Å². The van der Waals surface area contributed by atoms with E-state index in [2.05, 4.69) is 0 Å². The molecule has 4 rings (SSSR count). The van der Waals surface area contributed by atoms with Gasteiger partial charge in [0.2, 0.25) is 0 Å². The summed E-state index contributed by atoms with van der Waals surface area (Å²) in [7, 11) is 0. The molecule has 9 heteroatoms. The summed E-state index contributed by atoms with van der Waals surface area (Å²) in [5, 5.41) is 0. The van der Waals surface area contributed by atoms with Crippen molar-refractivity contribution in [3.05, 3.63) is 76.9 Å². The van der Waals surface area contributed by atoms with Crippen LogP contribution in [0, 0.1) is 19.7 Å². The lowest BCUT2D eigenvalue weighted by atomic mass is 9.91. The smallest absolute Gasteiger partial charge is 0.340 e. The number of carbonyl (C=O) groups is 1. The molecule has 0 amide bonds. The average Bonchev–Trinajstić information content (AvgIpc) is 2.86. The van der Waals surface area contributed by atoms with Gasteiger partial charge in [-0.15, -0.1) is 0 Å². The highest BCUT2D eigenvalue weighted by Gasteiger charge is 2.47. The van der Waals surface area contributed by atoms with Crippen molar-refractivity contribution in [1.82, 2.24) is 4.98 Å². The topological polar surface area (TPSA) is 60.9 Å². The fourth-order valence-electron chi connectivity index (χ4n) is 5.03. The number of hydrogen-bond donors (Lipinski definition) is 0. The van der Waals surface area contributed by atoms with Gasteiger partial charge in [0.15, 0.2) is 6.10 Å². The maximum Gasteiger partial charge on any atom is 0.340 e. The standard InChI is InChI=1S/C33H39F3N2O4/c1-20(2)41-31(39)30(42-32(5,6)7)28-22(4)37-21(3)27(29(28)38-18-33(35,36)19-38)24-10-14-26(15-11-24)40-17-16-23-8-12-25(34)13-9-23/h8-15,20,30H,16-19H2,1-7H3. The van der Waals surface area contributed by atoms with Crippen molar-refractivity contribution in [2.24, 2.45) is 0 Å². The van der Waals surface area contributed by atoms with E-state index in [0.29, 0.717) is 47.0 Å². The van der Waals surface area contributed by atoms with E-state index in [1.165, 1.54) is 12.1 Å². The molecular weight excluding hydrogens is 545 g/mol. The first kappa shape index (κ1) is 31.3. The van der Waals surface area contributed by atoms with Crippen molar-refractivity contribution >= 4 is 11.7 Å². The molecule has 6 nitrogen and oxygen atoms in total. The molecule has 0 aliphatic carbocycles. The Kier molecular flexibility index (Phi) is 9.21. The number of pyridine rings is 1. The van der Waals surface area contributed by atoms with E-state index < -0.39 is 42.8 Å². The second kappa shape index (κ2) is 12.3. The number of ether oxygens (including phenoxy) is 3. The summed E-state index contributed by atoms with van der Waals surface area (Å²) in [5.41, 5.74) is 3.67. The van der Waals surface area contributed by atoms with Gasteiger partial charge in [-0.3, -0.25) is 4.98 Å². The summed E-state index contributed by atoms with van der Waals surface area (Å²) in [4.78, 5) is 19.7. The molecule has 1 fully saturated rings. The quantitative estimate of drug-likeness (QED) is 0.232. The minimum Gasteiger partial charge on any atom is -0.493 e. The van der Waals surface area contributed by atoms with Gasteiger partial charge in [0.1, 0.15) is 11.6 Å². The molecule has 2 aromatic carbocycles. The second-order valence-corrected chi connectivity index (χ2v) is 12.0. The predicted molar refractivity (Wildman–Crippen MR) is 157 cm³/mol. The number of hydrogen-bond acceptors (Lipinski definition) is 6. The molecule has 0 radical (unpaired) electrons. The third-order valence-corrected chi connectivity index (χ3v) is 6.75. The van der Waals surface area contributed by atoms with Crippen LogP contribution in [-0.2, 0) is 20.7 Å². The summed E-state index contributed by atoms with van der Waals surface area (Å²) in [6, 6.07) is 13.6. The predicted octanol–water partition coefficient (Wildman–Crippen LogP) is 7.39. The molecule has 0 spiro atoms. The number of esters is 1. The molecule has 0 saturated carbocycles. The third-order valence-electron chi connectivity index (χ3n) is 6.75. The fraction of sp³-hybridized carbons (Fsp3) is 0.455. The normalized spacial score (nSPS) is 15.4. The van der Waals surface area contributed by atoms with Crippen molar-refractivity contribution in [1.29, 1.82) is 0 Å². The molecule has 1 aliphatic rings. The Labute approximate surface area is 245 Å². The van der Waals surface area contributed by atoms with Crippen LogP contribution in [0.25, 0.3) is 11.1 Å². The lowest BCUT2D eigenvalue weighted by Crippen LogP contribution is -2.57. The number of benzene rings is 2. The number of aromatic nitrogens is 1. The maximum atomic E-state index is 14.2. The number of halogens is 3. The van der Waals surface area contributed by atoms with Gasteiger partial charge >= 0.3 is 5.97 Å². The lowest BCUT2D eigenvalue weighted by Gasteiger charge is -2.43. The molecule has 226 valence electrons. The largest absolute Gasteiger partial charge is 0.493 e. The first-order valence-electron chi connectivity index (χ1n) is 14.1. The van der Waals surface area contributed by atoms with Gasteiger partial charge in [0.25, 0.3) is 5.92 Å². The highest BCUT2D eigenvalue weighted by Crippen LogP contribution is 2.46. The highest BCUT2D eigenvalue weighted by molar-refractivity contribution is 5.89. The zero-order valence-electron chi connectivity index (χ0n) is 25.3. The van der Waals surface area contributed by atoms with Gasteiger partial charge in [-0.2, -0.15) is 0 Å². The fourth-order valence-corrected chi connectivity index (χ4v) is 5.03. The summed E-state index contributed by atoms with van der Waals surface area (Å²) >= 11 is 0. The molecule has 1 aromatic heterocycles. The van der Waals surface area contributed by atoms with E-state index in [4.69, 9.17) is 19.2 Å². The zero-order valence-corrected chi connectivity index (χ0v) is 25.3. The van der Waals surface area contributed by atoms with E-state index in [0.717, 1.165) is 11.1 Å². The SMILES string of the molecule is Cc1nc(C)c(C(OC(C)(C)C)C(=O)OC(C)C)c(N2CC(F)(F)C2)c1-c1ccc(OCCc2ccc(F)cc2)cc1. The van der Waals surface area contributed by atoms with Crippen LogP contribution in [0.4, 0.5) is 18.9 Å². The van der Waals surface area contributed by atoms with Gasteiger partial charge in [-0.1, -0.05) is 24.3 Å². The van der Waals surface area contributed by atoms with Crippen molar-refractivity contribution in [3.8, 4) is 16.9 Å². The Hall–Kier alpha value is -3.59. The van der Waals surface area contributed by atoms with Crippen LogP contribution in [0.2, 0.25) is 0 Å². The Morgan fingerprint density at radius 3 is 2.17 bits per heavy atom. The molecule has 1 aliphatic heterocycles. The van der Waals surface area contributed by atoms with Crippen LogP contribution < -0.4 is 9.64 Å². The van der Waals surface area contributed by atoms with E-state index in [-0.39, 0.29) is 5.82 Å². The number of anilines is 1. The molecule has 0 bridgehead atoms. The van der Waals surface area contributed by atoms with Gasteiger partial charge < -0.3 is 19.1 Å². The van der Waals surface area contributed by atoms with Gasteiger partial charge in [0.05, 0.1) is 37.1 Å². The third kappa shape index (κ3) is 7.62. The molecular formula is C33H39F3N2O4. The number of carbonyl (C=O) groups excluding carboxylic acids is 1. The van der Waals surface area contributed by atoms with E-state index in [1.807, 2.05) is 52.0 Å². The van der Waals surface area contributed by atoms with Crippen LogP contribution in [0.3, 0.4) is 0 Å². The zero-order chi connectivity index (χ0) is 30.8. The molecule has 1 unspecified atom stereocenters. The van der Waals surface area contributed by atoms with Gasteiger partial charge in [-0.05, 0) is 83.9 Å². The first-order chi connectivity index (χ1) is 19.6. The van der Waals surface area contributed by atoms with E-state index >= 15 is 0 Å². The van der Waals surface area contributed by atoms with Gasteiger partial charge in [-0.25, -0.2) is 18.0 Å². The molecule has 2 heterocycles. The Morgan fingerprint density at radius 2 is 1.62 bits per heavy atom. The number of alkyl halides is 2. The summed E-state index contributed by atoms with van der Waals surface area (Å²) in [6.07, 6.45) is -0.951. The minimum absolute atomic E-state index is 0.284. The van der Waals surface area contributed by atoms with Crippen LogP contribution >= 0.6 is 0 Å². The van der Waals surface area contributed by atoms with Crippen molar-refractivity contribution in [3.63, 3.8) is 0 Å². The molecule has 0 N–H and O–H groups in total. The Bertz CT molecular complexity index is 1390. The minimum atomic E-state index is -2.85. The molecule has 1 saturated heterocycles. The number of nitrogens with zero attached hydrogens (tertiary/aromatic N) is 2. The lowest BCUT2D eigenvalue weighted by molar-refractivity contribution is -0.171.